The number of hydrogen-bond donors (Lipinski definition) is 1. The molecule has 1 aliphatic rings. The zero-order chi connectivity index (χ0) is 16.4. The fourth-order valence-corrected chi connectivity index (χ4v) is 2.29. The molecule has 0 bridgehead atoms. The van der Waals surface area contributed by atoms with Gasteiger partial charge >= 0.3 is 33.9 Å². The van der Waals surface area contributed by atoms with Crippen LogP contribution in [0.15, 0.2) is 24.3 Å². The summed E-state index contributed by atoms with van der Waals surface area (Å²) >= 11 is 0. The fourth-order valence-electron chi connectivity index (χ4n) is 2.29. The van der Waals surface area contributed by atoms with Crippen molar-refractivity contribution in [2.45, 2.75) is 13.3 Å². The summed E-state index contributed by atoms with van der Waals surface area (Å²) in [6.07, 6.45) is 0.902. The van der Waals surface area contributed by atoms with E-state index >= 15 is 0 Å². The number of fused-ring (bicyclic) bond motifs is 3. The summed E-state index contributed by atoms with van der Waals surface area (Å²) in [5.41, 5.74) is 2.12. The van der Waals surface area contributed by atoms with Crippen LogP contribution in [0.4, 0.5) is 0 Å². The van der Waals surface area contributed by atoms with Crippen molar-refractivity contribution in [3.05, 3.63) is 55.3 Å². The molecule has 0 atom stereocenters. The zero-order valence-corrected chi connectivity index (χ0v) is 13.0. The number of benzene rings is 2. The first-order chi connectivity index (χ1) is 10.3. The van der Waals surface area contributed by atoms with E-state index in [0.717, 1.165) is 40.7 Å². The molecule has 1 aliphatic heterocycles. The van der Waals surface area contributed by atoms with Crippen molar-refractivity contribution in [3.63, 3.8) is 0 Å². The van der Waals surface area contributed by atoms with E-state index in [4.69, 9.17) is 18.7 Å². The number of phenolic OH excluding ortho intramolecular Hbond substituents is 1. The Bertz CT molecular complexity index is 659. The van der Waals surface area contributed by atoms with Crippen LogP contribution in [0.5, 0.6) is 11.5 Å². The molecule has 0 spiro atoms. The SMILES string of the molecule is Cc1c2c(c3ccccc3c1O)OCC2.[C-]#[O+].[C-]#[O+].[C-]#[O+].[Cr]. The Morgan fingerprint density at radius 2 is 1.50 bits per heavy atom. The molecule has 2 aromatic rings. The maximum Gasteiger partial charge on any atom is 0 e. The van der Waals surface area contributed by atoms with Gasteiger partial charge in [-0.25, -0.2) is 0 Å². The first kappa shape index (κ1) is 22.3. The van der Waals surface area contributed by atoms with E-state index in [2.05, 4.69) is 20.0 Å². The molecular weight excluding hydrogens is 324 g/mol. The summed E-state index contributed by atoms with van der Waals surface area (Å²) in [5.74, 6) is 1.36. The van der Waals surface area contributed by atoms with Crippen LogP contribution in [0.1, 0.15) is 11.1 Å². The topological polar surface area (TPSA) is 89.2 Å². The molecule has 0 aromatic heterocycles. The monoisotopic (exact) mass is 336 g/mol. The van der Waals surface area contributed by atoms with Gasteiger partial charge in [-0.05, 0) is 12.5 Å². The summed E-state index contributed by atoms with van der Waals surface area (Å²) in [7, 11) is 0. The minimum Gasteiger partial charge on any atom is 0 e. The Labute approximate surface area is 139 Å². The molecule has 5 nitrogen and oxygen atoms in total. The van der Waals surface area contributed by atoms with Gasteiger partial charge < -0.3 is 9.84 Å². The van der Waals surface area contributed by atoms with Gasteiger partial charge in [0.05, 0.1) is 6.61 Å². The maximum absolute atomic E-state index is 10.1. The largest absolute Gasteiger partial charge is 0 e. The quantitative estimate of drug-likeness (QED) is 0.592. The molecule has 1 heterocycles. The first-order valence-corrected chi connectivity index (χ1v) is 5.76. The average molecular weight is 336 g/mol. The Kier molecular flexibility index (Phi) is 11.9. The summed E-state index contributed by atoms with van der Waals surface area (Å²) in [6.45, 7) is 16.2. The molecule has 0 aliphatic carbocycles. The van der Waals surface area contributed by atoms with Crippen LogP contribution in [0.3, 0.4) is 0 Å². The van der Waals surface area contributed by atoms with Gasteiger partial charge in [0.15, 0.2) is 0 Å². The molecular formula is C16H12CrO5. The number of ether oxygens (including phenoxy) is 1. The summed E-state index contributed by atoms with van der Waals surface area (Å²) < 4.78 is 28.1. The second-order valence-electron chi connectivity index (χ2n) is 3.93. The molecule has 22 heavy (non-hydrogen) atoms. The van der Waals surface area contributed by atoms with E-state index in [-0.39, 0.29) is 17.4 Å². The fraction of sp³-hybridized carbons (Fsp3) is 0.188. The Morgan fingerprint density at radius 1 is 1.00 bits per heavy atom. The predicted molar refractivity (Wildman–Crippen MR) is 71.3 cm³/mol. The van der Waals surface area contributed by atoms with Gasteiger partial charge in [0.25, 0.3) is 0 Å². The van der Waals surface area contributed by atoms with Gasteiger partial charge in [0, 0.05) is 40.1 Å². The van der Waals surface area contributed by atoms with Gasteiger partial charge in [0.2, 0.25) is 0 Å². The molecule has 6 heteroatoms. The summed E-state index contributed by atoms with van der Waals surface area (Å²) in [6, 6.07) is 7.83. The van der Waals surface area contributed by atoms with Crippen LogP contribution in [0.25, 0.3) is 10.8 Å². The van der Waals surface area contributed by atoms with Gasteiger partial charge in [-0.3, -0.25) is 0 Å². The third-order valence-electron chi connectivity index (χ3n) is 3.11. The van der Waals surface area contributed by atoms with Crippen molar-refractivity contribution < 1.29 is 41.2 Å². The van der Waals surface area contributed by atoms with Crippen molar-refractivity contribution in [3.8, 4) is 11.5 Å². The minimum absolute atomic E-state index is 0. The molecule has 0 saturated heterocycles. The summed E-state index contributed by atoms with van der Waals surface area (Å²) in [4.78, 5) is 0. The molecule has 0 saturated carbocycles. The summed E-state index contributed by atoms with van der Waals surface area (Å²) in [5, 5.41) is 12.0. The van der Waals surface area contributed by atoms with Gasteiger partial charge in [-0.1, -0.05) is 24.3 Å². The van der Waals surface area contributed by atoms with Crippen molar-refractivity contribution in [1.82, 2.24) is 0 Å². The van der Waals surface area contributed by atoms with Crippen LogP contribution in [0, 0.1) is 26.9 Å². The normalized spacial score (nSPS) is 9.77. The second kappa shape index (κ2) is 11.7. The first-order valence-electron chi connectivity index (χ1n) is 5.76. The van der Waals surface area contributed by atoms with Crippen LogP contribution in [0.2, 0.25) is 0 Å². The minimum atomic E-state index is 0. The molecule has 0 unspecified atom stereocenters. The van der Waals surface area contributed by atoms with E-state index in [1.54, 1.807) is 0 Å². The van der Waals surface area contributed by atoms with Crippen LogP contribution in [-0.2, 0) is 37.7 Å². The molecule has 3 rings (SSSR count). The van der Waals surface area contributed by atoms with Gasteiger partial charge in [0.1, 0.15) is 11.5 Å². The standard InChI is InChI=1S/C13H12O2.3CO.Cr/c1-8-9-6-7-15-13(9)11-5-3-2-4-10(11)12(8)14;3*1-2;/h2-5,14H,6-7H2,1H3;;;;. The van der Waals surface area contributed by atoms with Crippen molar-refractivity contribution in [1.29, 1.82) is 0 Å². The van der Waals surface area contributed by atoms with Crippen LogP contribution in [-0.4, -0.2) is 11.7 Å². The van der Waals surface area contributed by atoms with Gasteiger partial charge in [-0.2, -0.15) is 0 Å². The van der Waals surface area contributed by atoms with Crippen LogP contribution >= 0.6 is 0 Å². The van der Waals surface area contributed by atoms with Crippen LogP contribution < -0.4 is 4.74 Å². The second-order valence-corrected chi connectivity index (χ2v) is 3.93. The number of phenols is 1. The van der Waals surface area contributed by atoms with E-state index in [1.165, 1.54) is 0 Å². The van der Waals surface area contributed by atoms with Crippen molar-refractivity contribution >= 4 is 10.8 Å². The predicted octanol–water partition coefficient (Wildman–Crippen LogP) is 2.67. The number of rotatable bonds is 0. The van der Waals surface area contributed by atoms with Gasteiger partial charge in [-0.15, -0.1) is 0 Å². The van der Waals surface area contributed by atoms with Crippen molar-refractivity contribution in [2.24, 2.45) is 0 Å². The van der Waals surface area contributed by atoms with Crippen molar-refractivity contribution in [2.75, 3.05) is 6.61 Å². The molecule has 2 aromatic carbocycles. The zero-order valence-electron chi connectivity index (χ0n) is 11.7. The Morgan fingerprint density at radius 3 is 2.05 bits per heavy atom. The average Bonchev–Trinajstić information content (AvgIpc) is 3.08. The smallest absolute Gasteiger partial charge is 0 e. The maximum atomic E-state index is 10.1. The Hall–Kier alpha value is -1.95. The van der Waals surface area contributed by atoms with E-state index in [0.29, 0.717) is 5.75 Å². The molecule has 0 fully saturated rings. The number of aromatic hydroxyl groups is 1. The molecule has 0 amide bonds. The molecule has 0 radical (unpaired) electrons. The van der Waals surface area contributed by atoms with E-state index < -0.39 is 0 Å². The Balaban J connectivity index is 0. The van der Waals surface area contributed by atoms with E-state index in [1.807, 2.05) is 31.2 Å². The molecule has 1 N–H and O–H groups in total. The molecule has 112 valence electrons. The third kappa shape index (κ3) is 4.27. The van der Waals surface area contributed by atoms with E-state index in [9.17, 15) is 5.11 Å². The third-order valence-corrected chi connectivity index (χ3v) is 3.11. The number of hydrogen-bond acceptors (Lipinski definition) is 2.